The first-order valence-corrected chi connectivity index (χ1v) is 11.3. The molecule has 0 aliphatic carbocycles. The zero-order valence-corrected chi connectivity index (χ0v) is 18.8. The molecule has 0 spiro atoms. The summed E-state index contributed by atoms with van der Waals surface area (Å²) in [6.45, 7) is 5.21. The Balaban J connectivity index is 1.29. The maximum atomic E-state index is 12.6. The average Bonchev–Trinajstić information content (AvgIpc) is 3.22. The highest BCUT2D eigenvalue weighted by molar-refractivity contribution is 7.09. The van der Waals surface area contributed by atoms with Gasteiger partial charge >= 0.3 is 0 Å². The van der Waals surface area contributed by atoms with Gasteiger partial charge in [-0.05, 0) is 42.8 Å². The van der Waals surface area contributed by atoms with Crippen LogP contribution in [0.4, 0.5) is 5.82 Å². The number of benzene rings is 1. The molecule has 31 heavy (non-hydrogen) atoms. The standard InChI is InChI=1S/C23H23ClN4O2S/c1-17-26-20(16-31-17)15-30-21-4-2-3-18(13-21)5-8-23(29)28-11-9-27(10-12-28)22-7-6-19(24)14-25-22/h2-8,13-14,16H,9-12,15H2,1H3/b8-5+. The normalized spacial score (nSPS) is 14.3. The van der Waals surface area contributed by atoms with E-state index < -0.39 is 0 Å². The van der Waals surface area contributed by atoms with Crippen LogP contribution in [-0.2, 0) is 11.4 Å². The molecule has 0 radical (unpaired) electrons. The van der Waals surface area contributed by atoms with E-state index in [1.807, 2.05) is 59.7 Å². The van der Waals surface area contributed by atoms with Crippen LogP contribution < -0.4 is 9.64 Å². The molecular weight excluding hydrogens is 432 g/mol. The summed E-state index contributed by atoms with van der Waals surface area (Å²) in [4.78, 5) is 25.4. The van der Waals surface area contributed by atoms with Gasteiger partial charge in [-0.1, -0.05) is 23.7 Å². The molecule has 1 aliphatic rings. The lowest BCUT2D eigenvalue weighted by Gasteiger charge is -2.34. The molecule has 1 fully saturated rings. The number of piperazine rings is 1. The number of carbonyl (C=O) groups excluding carboxylic acids is 1. The van der Waals surface area contributed by atoms with E-state index in [-0.39, 0.29) is 5.91 Å². The molecule has 1 aromatic carbocycles. The van der Waals surface area contributed by atoms with Crippen LogP contribution in [0.1, 0.15) is 16.3 Å². The molecule has 0 N–H and O–H groups in total. The number of carbonyl (C=O) groups is 1. The number of halogens is 1. The molecule has 3 aromatic rings. The van der Waals surface area contributed by atoms with Crippen molar-refractivity contribution in [3.8, 4) is 5.75 Å². The van der Waals surface area contributed by atoms with Gasteiger partial charge in [0.25, 0.3) is 0 Å². The van der Waals surface area contributed by atoms with Crippen LogP contribution in [0.3, 0.4) is 0 Å². The lowest BCUT2D eigenvalue weighted by Crippen LogP contribution is -2.48. The Hall–Kier alpha value is -2.90. The number of thiazole rings is 1. The first-order valence-electron chi connectivity index (χ1n) is 10.0. The lowest BCUT2D eigenvalue weighted by atomic mass is 10.2. The quantitative estimate of drug-likeness (QED) is 0.515. The first kappa shape index (κ1) is 21.3. The molecule has 6 nitrogen and oxygen atoms in total. The third-order valence-electron chi connectivity index (χ3n) is 4.96. The smallest absolute Gasteiger partial charge is 0.246 e. The van der Waals surface area contributed by atoms with Crippen molar-refractivity contribution in [1.29, 1.82) is 0 Å². The van der Waals surface area contributed by atoms with E-state index >= 15 is 0 Å². The van der Waals surface area contributed by atoms with Crippen LogP contribution in [0, 0.1) is 6.92 Å². The minimum Gasteiger partial charge on any atom is -0.487 e. The largest absolute Gasteiger partial charge is 0.487 e. The number of ether oxygens (including phenoxy) is 1. The maximum absolute atomic E-state index is 12.6. The highest BCUT2D eigenvalue weighted by Crippen LogP contribution is 2.18. The highest BCUT2D eigenvalue weighted by atomic mass is 35.5. The van der Waals surface area contributed by atoms with E-state index in [4.69, 9.17) is 16.3 Å². The lowest BCUT2D eigenvalue weighted by molar-refractivity contribution is -0.126. The molecule has 2 aromatic heterocycles. The molecule has 0 unspecified atom stereocenters. The van der Waals surface area contributed by atoms with E-state index in [2.05, 4.69) is 14.9 Å². The molecule has 0 bridgehead atoms. The molecule has 160 valence electrons. The van der Waals surface area contributed by atoms with Crippen molar-refractivity contribution >= 4 is 40.7 Å². The van der Waals surface area contributed by atoms with Crippen LogP contribution in [0.2, 0.25) is 5.02 Å². The SMILES string of the molecule is Cc1nc(COc2cccc(/C=C/C(=O)N3CCN(c4ccc(Cl)cn4)CC3)c2)cs1. The minimum absolute atomic E-state index is 0.00739. The minimum atomic E-state index is 0.00739. The summed E-state index contributed by atoms with van der Waals surface area (Å²) in [7, 11) is 0. The third kappa shape index (κ3) is 5.83. The second kappa shape index (κ2) is 9.94. The molecular formula is C23H23ClN4O2S. The zero-order chi connectivity index (χ0) is 21.6. The van der Waals surface area contributed by atoms with Gasteiger partial charge in [-0.3, -0.25) is 4.79 Å². The van der Waals surface area contributed by atoms with Crippen LogP contribution in [0.15, 0.2) is 54.1 Å². The van der Waals surface area contributed by atoms with E-state index in [0.717, 1.165) is 40.9 Å². The molecule has 1 amide bonds. The van der Waals surface area contributed by atoms with Crippen molar-refractivity contribution in [2.24, 2.45) is 0 Å². The summed E-state index contributed by atoms with van der Waals surface area (Å²) < 4.78 is 5.83. The third-order valence-corrected chi connectivity index (χ3v) is 6.00. The Bertz CT molecular complexity index is 1060. The summed E-state index contributed by atoms with van der Waals surface area (Å²) in [6.07, 6.45) is 5.10. The Labute approximate surface area is 190 Å². The molecule has 4 rings (SSSR count). The number of hydrogen-bond acceptors (Lipinski definition) is 6. The van der Waals surface area contributed by atoms with Gasteiger partial charge in [-0.2, -0.15) is 0 Å². The van der Waals surface area contributed by atoms with Crippen molar-refractivity contribution in [2.45, 2.75) is 13.5 Å². The van der Waals surface area contributed by atoms with Gasteiger partial charge in [0.2, 0.25) is 5.91 Å². The first-order chi connectivity index (χ1) is 15.1. The fourth-order valence-corrected chi connectivity index (χ4v) is 4.03. The second-order valence-electron chi connectivity index (χ2n) is 7.20. The number of anilines is 1. The van der Waals surface area contributed by atoms with Gasteiger partial charge in [-0.25, -0.2) is 9.97 Å². The van der Waals surface area contributed by atoms with Crippen LogP contribution in [0.5, 0.6) is 5.75 Å². The molecule has 0 atom stereocenters. The van der Waals surface area contributed by atoms with Crippen molar-refractivity contribution in [3.05, 3.63) is 75.3 Å². The Morgan fingerprint density at radius 2 is 2.06 bits per heavy atom. The zero-order valence-electron chi connectivity index (χ0n) is 17.2. The summed E-state index contributed by atoms with van der Waals surface area (Å²) in [6, 6.07) is 11.4. The highest BCUT2D eigenvalue weighted by Gasteiger charge is 2.20. The van der Waals surface area contributed by atoms with Crippen molar-refractivity contribution in [1.82, 2.24) is 14.9 Å². The van der Waals surface area contributed by atoms with Gasteiger partial charge < -0.3 is 14.5 Å². The number of hydrogen-bond donors (Lipinski definition) is 0. The fourth-order valence-electron chi connectivity index (χ4n) is 3.32. The number of aromatic nitrogens is 2. The van der Waals surface area contributed by atoms with Crippen LogP contribution in [-0.4, -0.2) is 47.0 Å². The molecule has 0 saturated carbocycles. The predicted octanol–water partition coefficient (Wildman–Crippen LogP) is 4.44. The Kier molecular flexibility index (Phi) is 6.84. The number of aryl methyl sites for hydroxylation is 1. The van der Waals surface area contributed by atoms with E-state index in [1.165, 1.54) is 0 Å². The van der Waals surface area contributed by atoms with E-state index in [1.54, 1.807) is 23.6 Å². The van der Waals surface area contributed by atoms with E-state index in [0.29, 0.717) is 24.7 Å². The molecule has 1 aliphatic heterocycles. The fraction of sp³-hybridized carbons (Fsp3) is 0.261. The molecule has 8 heteroatoms. The predicted molar refractivity (Wildman–Crippen MR) is 125 cm³/mol. The topological polar surface area (TPSA) is 58.6 Å². The van der Waals surface area contributed by atoms with Gasteiger partial charge in [0.05, 0.1) is 15.7 Å². The molecule has 3 heterocycles. The van der Waals surface area contributed by atoms with Crippen LogP contribution in [0.25, 0.3) is 6.08 Å². The number of pyridine rings is 1. The summed E-state index contributed by atoms with van der Waals surface area (Å²) in [5.41, 5.74) is 1.84. The summed E-state index contributed by atoms with van der Waals surface area (Å²) in [5.74, 6) is 1.65. The molecule has 1 saturated heterocycles. The van der Waals surface area contributed by atoms with Crippen LogP contribution >= 0.6 is 22.9 Å². The van der Waals surface area contributed by atoms with Crippen molar-refractivity contribution < 1.29 is 9.53 Å². The number of amides is 1. The van der Waals surface area contributed by atoms with E-state index in [9.17, 15) is 4.79 Å². The Morgan fingerprint density at radius 1 is 1.23 bits per heavy atom. The van der Waals surface area contributed by atoms with Gasteiger partial charge in [0, 0.05) is 43.8 Å². The van der Waals surface area contributed by atoms with Gasteiger partial charge in [-0.15, -0.1) is 11.3 Å². The number of rotatable bonds is 6. The van der Waals surface area contributed by atoms with Gasteiger partial charge in [0.15, 0.2) is 0 Å². The summed E-state index contributed by atoms with van der Waals surface area (Å²) in [5, 5.41) is 3.65. The van der Waals surface area contributed by atoms with Crippen molar-refractivity contribution in [2.75, 3.05) is 31.1 Å². The number of nitrogens with zero attached hydrogens (tertiary/aromatic N) is 4. The average molecular weight is 455 g/mol. The summed E-state index contributed by atoms with van der Waals surface area (Å²) >= 11 is 7.52. The van der Waals surface area contributed by atoms with Crippen molar-refractivity contribution in [3.63, 3.8) is 0 Å². The maximum Gasteiger partial charge on any atom is 0.246 e. The Morgan fingerprint density at radius 3 is 2.77 bits per heavy atom. The van der Waals surface area contributed by atoms with Gasteiger partial charge in [0.1, 0.15) is 18.2 Å². The monoisotopic (exact) mass is 454 g/mol. The second-order valence-corrected chi connectivity index (χ2v) is 8.70.